The van der Waals surface area contributed by atoms with Crippen molar-refractivity contribution >= 4 is 17.7 Å². The van der Waals surface area contributed by atoms with Crippen LogP contribution < -0.4 is 4.74 Å². The highest BCUT2D eigenvalue weighted by Crippen LogP contribution is 2.22. The molecule has 1 unspecified atom stereocenters. The summed E-state index contributed by atoms with van der Waals surface area (Å²) in [4.78, 5) is 10.6. The number of azo groups is 1. The van der Waals surface area contributed by atoms with E-state index in [1.54, 1.807) is 24.3 Å². The molecule has 5 nitrogen and oxygen atoms in total. The van der Waals surface area contributed by atoms with Crippen LogP contribution in [0.5, 0.6) is 5.75 Å². The monoisotopic (exact) mass is 282 g/mol. The molecule has 2 aromatic carbocycles. The summed E-state index contributed by atoms with van der Waals surface area (Å²) < 4.78 is 10.6. The van der Waals surface area contributed by atoms with Crippen molar-refractivity contribution in [3.63, 3.8) is 0 Å². The highest BCUT2D eigenvalue weighted by Gasteiger charge is 2.22. The van der Waals surface area contributed by atoms with Crippen LogP contribution in [0, 0.1) is 0 Å². The summed E-state index contributed by atoms with van der Waals surface area (Å²) in [6.45, 7) is 1.37. The number of aldehydes is 1. The molecule has 0 aliphatic carbocycles. The Hall–Kier alpha value is -2.53. The molecule has 1 aliphatic rings. The molecule has 1 atom stereocenters. The molecule has 0 aromatic heterocycles. The van der Waals surface area contributed by atoms with Gasteiger partial charge in [-0.3, -0.25) is 4.79 Å². The summed E-state index contributed by atoms with van der Waals surface area (Å²) in [6.07, 6.45) is 1.05. The van der Waals surface area contributed by atoms with E-state index in [2.05, 4.69) is 10.2 Å². The van der Waals surface area contributed by atoms with Crippen LogP contribution in [0.2, 0.25) is 0 Å². The van der Waals surface area contributed by atoms with E-state index in [4.69, 9.17) is 9.47 Å². The maximum Gasteiger partial charge on any atom is 0.150 e. The Morgan fingerprint density at radius 2 is 1.62 bits per heavy atom. The van der Waals surface area contributed by atoms with E-state index in [0.717, 1.165) is 24.3 Å². The number of carbonyl (C=O) groups is 1. The van der Waals surface area contributed by atoms with Crippen LogP contribution in [0.1, 0.15) is 10.4 Å². The molecule has 1 heterocycles. The molecule has 1 fully saturated rings. The first-order chi connectivity index (χ1) is 10.3. The summed E-state index contributed by atoms with van der Waals surface area (Å²) in [5.74, 6) is 0.791. The third-order valence-electron chi connectivity index (χ3n) is 2.99. The first kappa shape index (κ1) is 13.5. The minimum Gasteiger partial charge on any atom is -0.491 e. The van der Waals surface area contributed by atoms with Gasteiger partial charge in [-0.25, -0.2) is 0 Å². The van der Waals surface area contributed by atoms with E-state index in [1.165, 1.54) is 0 Å². The van der Waals surface area contributed by atoms with Crippen molar-refractivity contribution in [1.82, 2.24) is 0 Å². The topological polar surface area (TPSA) is 63.5 Å². The van der Waals surface area contributed by atoms with Crippen molar-refractivity contribution in [2.24, 2.45) is 10.2 Å². The first-order valence-corrected chi connectivity index (χ1v) is 6.65. The van der Waals surface area contributed by atoms with Crippen molar-refractivity contribution in [2.45, 2.75) is 6.10 Å². The van der Waals surface area contributed by atoms with E-state index >= 15 is 0 Å². The molecule has 3 rings (SSSR count). The van der Waals surface area contributed by atoms with Gasteiger partial charge in [0.1, 0.15) is 24.7 Å². The molecule has 5 heteroatoms. The molecule has 21 heavy (non-hydrogen) atoms. The second kappa shape index (κ2) is 6.28. The van der Waals surface area contributed by atoms with Crippen LogP contribution in [-0.4, -0.2) is 25.6 Å². The van der Waals surface area contributed by atoms with Gasteiger partial charge in [-0.05, 0) is 48.5 Å². The summed E-state index contributed by atoms with van der Waals surface area (Å²) in [6, 6.07) is 14.3. The Bertz CT molecular complexity index is 632. The summed E-state index contributed by atoms with van der Waals surface area (Å²) in [5, 5.41) is 8.25. The second-order valence-corrected chi connectivity index (χ2v) is 4.67. The molecule has 0 bridgehead atoms. The fourth-order valence-electron chi connectivity index (χ4n) is 1.70. The van der Waals surface area contributed by atoms with Gasteiger partial charge in [0.25, 0.3) is 0 Å². The Labute approximate surface area is 122 Å². The van der Waals surface area contributed by atoms with Crippen LogP contribution in [0.3, 0.4) is 0 Å². The molecule has 106 valence electrons. The van der Waals surface area contributed by atoms with E-state index in [1.807, 2.05) is 24.3 Å². The van der Waals surface area contributed by atoms with Crippen molar-refractivity contribution < 1.29 is 14.3 Å². The Morgan fingerprint density at radius 3 is 2.14 bits per heavy atom. The van der Waals surface area contributed by atoms with E-state index in [-0.39, 0.29) is 6.10 Å². The van der Waals surface area contributed by atoms with Crippen molar-refractivity contribution in [2.75, 3.05) is 13.2 Å². The van der Waals surface area contributed by atoms with Gasteiger partial charge in [0.15, 0.2) is 0 Å². The van der Waals surface area contributed by atoms with Crippen LogP contribution in [-0.2, 0) is 4.74 Å². The largest absolute Gasteiger partial charge is 0.491 e. The SMILES string of the molecule is O=Cc1ccc(N=Nc2ccc(OCC3CO3)cc2)cc1. The quantitative estimate of drug-likeness (QED) is 0.461. The van der Waals surface area contributed by atoms with Gasteiger partial charge in [0.05, 0.1) is 18.0 Å². The van der Waals surface area contributed by atoms with Gasteiger partial charge >= 0.3 is 0 Å². The van der Waals surface area contributed by atoms with E-state index < -0.39 is 0 Å². The normalized spacial score (nSPS) is 16.9. The van der Waals surface area contributed by atoms with Crippen LogP contribution in [0.4, 0.5) is 11.4 Å². The van der Waals surface area contributed by atoms with Gasteiger partial charge in [0, 0.05) is 5.56 Å². The number of hydrogen-bond donors (Lipinski definition) is 0. The number of epoxide rings is 1. The zero-order valence-corrected chi connectivity index (χ0v) is 11.3. The Morgan fingerprint density at radius 1 is 1.05 bits per heavy atom. The molecule has 0 radical (unpaired) electrons. The molecule has 0 spiro atoms. The van der Waals surface area contributed by atoms with Gasteiger partial charge in [-0.15, -0.1) is 0 Å². The second-order valence-electron chi connectivity index (χ2n) is 4.67. The molecule has 1 saturated heterocycles. The Kier molecular flexibility index (Phi) is 4.02. The highest BCUT2D eigenvalue weighted by atomic mass is 16.6. The molecular weight excluding hydrogens is 268 g/mol. The molecular formula is C16H14N2O3. The van der Waals surface area contributed by atoms with Crippen molar-refractivity contribution in [3.05, 3.63) is 54.1 Å². The fraction of sp³-hybridized carbons (Fsp3) is 0.188. The average Bonchev–Trinajstić information content (AvgIpc) is 3.37. The van der Waals surface area contributed by atoms with Crippen molar-refractivity contribution in [1.29, 1.82) is 0 Å². The number of hydrogen-bond acceptors (Lipinski definition) is 5. The standard InChI is InChI=1S/C16H14N2O3/c19-9-12-1-3-13(4-2-12)17-18-14-5-7-15(8-6-14)20-10-16-11-21-16/h1-9,16H,10-11H2. The predicted molar refractivity (Wildman–Crippen MR) is 77.7 cm³/mol. The third-order valence-corrected chi connectivity index (χ3v) is 2.99. The lowest BCUT2D eigenvalue weighted by atomic mass is 10.2. The van der Waals surface area contributed by atoms with Gasteiger partial charge in [-0.2, -0.15) is 10.2 Å². The van der Waals surface area contributed by atoms with E-state index in [9.17, 15) is 4.79 Å². The number of benzene rings is 2. The number of ether oxygens (including phenoxy) is 2. The summed E-state index contributed by atoms with van der Waals surface area (Å²) in [7, 11) is 0. The lowest BCUT2D eigenvalue weighted by molar-refractivity contribution is 0.112. The minimum atomic E-state index is 0.249. The maximum absolute atomic E-state index is 10.6. The number of rotatable bonds is 6. The summed E-state index contributed by atoms with van der Waals surface area (Å²) in [5.41, 5.74) is 2.06. The smallest absolute Gasteiger partial charge is 0.150 e. The molecule has 0 saturated carbocycles. The van der Waals surface area contributed by atoms with Gasteiger partial charge < -0.3 is 9.47 Å². The van der Waals surface area contributed by atoms with E-state index in [0.29, 0.717) is 17.9 Å². The third kappa shape index (κ3) is 3.97. The van der Waals surface area contributed by atoms with Crippen molar-refractivity contribution in [3.8, 4) is 5.75 Å². The van der Waals surface area contributed by atoms with Crippen LogP contribution >= 0.6 is 0 Å². The summed E-state index contributed by atoms with van der Waals surface area (Å²) >= 11 is 0. The number of carbonyl (C=O) groups excluding carboxylic acids is 1. The average molecular weight is 282 g/mol. The zero-order valence-electron chi connectivity index (χ0n) is 11.3. The molecule has 0 amide bonds. The minimum absolute atomic E-state index is 0.249. The molecule has 0 N–H and O–H groups in total. The van der Waals surface area contributed by atoms with Crippen LogP contribution in [0.25, 0.3) is 0 Å². The van der Waals surface area contributed by atoms with Gasteiger partial charge in [-0.1, -0.05) is 0 Å². The zero-order chi connectivity index (χ0) is 14.5. The lowest BCUT2D eigenvalue weighted by Gasteiger charge is -2.03. The Balaban J connectivity index is 1.60. The predicted octanol–water partition coefficient (Wildman–Crippen LogP) is 3.69. The molecule has 2 aromatic rings. The van der Waals surface area contributed by atoms with Crippen LogP contribution in [0.15, 0.2) is 58.8 Å². The highest BCUT2D eigenvalue weighted by molar-refractivity contribution is 5.75. The number of nitrogens with zero attached hydrogens (tertiary/aromatic N) is 2. The first-order valence-electron chi connectivity index (χ1n) is 6.65. The maximum atomic E-state index is 10.6. The lowest BCUT2D eigenvalue weighted by Crippen LogP contribution is -2.03. The van der Waals surface area contributed by atoms with Gasteiger partial charge in [0.2, 0.25) is 0 Å². The fourth-order valence-corrected chi connectivity index (χ4v) is 1.70. The molecule has 1 aliphatic heterocycles.